The second-order valence-electron chi connectivity index (χ2n) is 6.53. The van der Waals surface area contributed by atoms with E-state index in [4.69, 9.17) is 4.74 Å². The van der Waals surface area contributed by atoms with Crippen molar-refractivity contribution in [1.29, 1.82) is 0 Å². The van der Waals surface area contributed by atoms with Crippen LogP contribution in [-0.4, -0.2) is 29.8 Å². The van der Waals surface area contributed by atoms with Gasteiger partial charge in [-0.2, -0.15) is 0 Å². The van der Waals surface area contributed by atoms with Crippen molar-refractivity contribution < 1.29 is 9.84 Å². The van der Waals surface area contributed by atoms with Crippen molar-refractivity contribution in [2.75, 3.05) is 6.61 Å². The molecule has 27 heavy (non-hydrogen) atoms. The van der Waals surface area contributed by atoms with Gasteiger partial charge in [0.25, 0.3) is 0 Å². The molecule has 136 valence electrons. The van der Waals surface area contributed by atoms with E-state index < -0.39 is 7.92 Å². The fraction of sp³-hybridized carbons (Fsp3) is 0.174. The van der Waals surface area contributed by atoms with Crippen LogP contribution in [0.2, 0.25) is 0 Å². The number of hydrogen-bond donors (Lipinski definition) is 1. The molecule has 4 heteroatoms. The van der Waals surface area contributed by atoms with Gasteiger partial charge in [-0.1, -0.05) is 78.9 Å². The predicted molar refractivity (Wildman–Crippen MR) is 113 cm³/mol. The zero-order chi connectivity index (χ0) is 18.6. The normalized spacial score (nSPS) is 19.0. The van der Waals surface area contributed by atoms with Gasteiger partial charge in [-0.25, -0.2) is 4.99 Å². The van der Waals surface area contributed by atoms with Crippen LogP contribution in [0.5, 0.6) is 0 Å². The minimum atomic E-state index is -0.739. The zero-order valence-electron chi connectivity index (χ0n) is 15.2. The number of nitrogens with zero attached hydrogens (tertiary/aromatic N) is 1. The molecule has 0 aromatic heterocycles. The van der Waals surface area contributed by atoms with Gasteiger partial charge < -0.3 is 9.84 Å². The fourth-order valence-electron chi connectivity index (χ4n) is 3.29. The number of aliphatic hydroxyl groups excluding tert-OH is 1. The molecule has 3 nitrogen and oxygen atoms in total. The van der Waals surface area contributed by atoms with Crippen LogP contribution >= 0.6 is 7.92 Å². The lowest BCUT2D eigenvalue weighted by molar-refractivity contribution is 0.165. The van der Waals surface area contributed by atoms with Gasteiger partial charge in [-0.05, 0) is 36.8 Å². The molecule has 0 spiro atoms. The Balaban J connectivity index is 1.85. The summed E-state index contributed by atoms with van der Waals surface area (Å²) in [6.45, 7) is 1.95. The first-order valence-electron chi connectivity index (χ1n) is 9.13. The van der Waals surface area contributed by atoms with Gasteiger partial charge in [0, 0.05) is 5.56 Å². The molecular formula is C23H22NO2P. The maximum atomic E-state index is 9.55. The third-order valence-corrected chi connectivity index (χ3v) is 7.21. The Hall–Kier alpha value is -2.48. The maximum absolute atomic E-state index is 9.55. The molecule has 1 aliphatic heterocycles. The smallest absolute Gasteiger partial charge is 0.217 e. The van der Waals surface area contributed by atoms with Crippen molar-refractivity contribution >= 4 is 29.7 Å². The van der Waals surface area contributed by atoms with Crippen molar-refractivity contribution in [1.82, 2.24) is 0 Å². The Morgan fingerprint density at radius 2 is 1.41 bits per heavy atom. The highest BCUT2D eigenvalue weighted by atomic mass is 31.1. The summed E-state index contributed by atoms with van der Waals surface area (Å²) < 4.78 is 6.01. The zero-order valence-corrected chi connectivity index (χ0v) is 16.1. The Morgan fingerprint density at radius 1 is 0.852 bits per heavy atom. The molecule has 0 bridgehead atoms. The van der Waals surface area contributed by atoms with Crippen molar-refractivity contribution in [2.24, 2.45) is 4.99 Å². The molecule has 0 fully saturated rings. The van der Waals surface area contributed by atoms with Crippen molar-refractivity contribution in [2.45, 2.75) is 19.1 Å². The van der Waals surface area contributed by atoms with E-state index in [0.717, 1.165) is 5.56 Å². The maximum Gasteiger partial charge on any atom is 0.217 e. The lowest BCUT2D eigenvalue weighted by Crippen LogP contribution is -2.26. The molecule has 0 saturated heterocycles. The first kappa shape index (κ1) is 17.9. The summed E-state index contributed by atoms with van der Waals surface area (Å²) in [7, 11) is -0.739. The predicted octanol–water partition coefficient (Wildman–Crippen LogP) is 2.97. The van der Waals surface area contributed by atoms with Gasteiger partial charge in [0.1, 0.15) is 12.1 Å². The standard InChI is InChI=1S/C23H22NO2P/c1-17-21(16-25)24-23(26-17)20-14-8-9-15-22(20)27(18-10-4-2-5-11-18)19-12-6-3-7-13-19/h2-15,17,21,25H,16H2,1H3/t17-,21-/m1/s1. The Kier molecular flexibility index (Phi) is 5.33. The van der Waals surface area contributed by atoms with E-state index in [1.807, 2.05) is 25.1 Å². The van der Waals surface area contributed by atoms with E-state index in [0.29, 0.717) is 5.90 Å². The van der Waals surface area contributed by atoms with E-state index in [1.165, 1.54) is 15.9 Å². The highest BCUT2D eigenvalue weighted by molar-refractivity contribution is 7.80. The minimum absolute atomic E-state index is 0.00103. The molecule has 3 aromatic rings. The Labute approximate surface area is 161 Å². The van der Waals surface area contributed by atoms with Crippen LogP contribution in [0.4, 0.5) is 0 Å². The Morgan fingerprint density at radius 3 is 1.96 bits per heavy atom. The molecule has 1 aliphatic rings. The number of ether oxygens (including phenoxy) is 1. The second kappa shape index (κ2) is 8.04. The summed E-state index contributed by atoms with van der Waals surface area (Å²) in [5.41, 5.74) is 1.01. The van der Waals surface area contributed by atoms with E-state index >= 15 is 0 Å². The lowest BCUT2D eigenvalue weighted by atomic mass is 10.2. The van der Waals surface area contributed by atoms with Gasteiger partial charge in [-0.3, -0.25) is 0 Å². The first-order valence-corrected chi connectivity index (χ1v) is 10.5. The summed E-state index contributed by atoms with van der Waals surface area (Å²) in [5, 5.41) is 13.3. The van der Waals surface area contributed by atoms with E-state index in [9.17, 15) is 5.11 Å². The number of hydrogen-bond acceptors (Lipinski definition) is 3. The van der Waals surface area contributed by atoms with Crippen LogP contribution in [0.25, 0.3) is 0 Å². The van der Waals surface area contributed by atoms with Gasteiger partial charge in [0.2, 0.25) is 5.90 Å². The first-order chi connectivity index (χ1) is 13.3. The summed E-state index contributed by atoms with van der Waals surface area (Å²) in [4.78, 5) is 4.64. The summed E-state index contributed by atoms with van der Waals surface area (Å²) in [6.07, 6.45) is -0.113. The summed E-state index contributed by atoms with van der Waals surface area (Å²) in [5.74, 6) is 0.636. The molecule has 3 aromatic carbocycles. The van der Waals surface area contributed by atoms with Crippen LogP contribution in [-0.2, 0) is 4.74 Å². The number of aliphatic imine (C=N–C) groups is 1. The lowest BCUT2D eigenvalue weighted by Gasteiger charge is -2.22. The van der Waals surface area contributed by atoms with Crippen LogP contribution in [0.15, 0.2) is 89.9 Å². The topological polar surface area (TPSA) is 41.8 Å². The number of aliphatic hydroxyl groups is 1. The van der Waals surface area contributed by atoms with Crippen LogP contribution < -0.4 is 15.9 Å². The monoisotopic (exact) mass is 375 g/mol. The quantitative estimate of drug-likeness (QED) is 0.697. The molecule has 4 rings (SSSR count). The number of benzene rings is 3. The average Bonchev–Trinajstić information content (AvgIpc) is 3.11. The van der Waals surface area contributed by atoms with Gasteiger partial charge >= 0.3 is 0 Å². The van der Waals surface area contributed by atoms with Gasteiger partial charge in [0.15, 0.2) is 0 Å². The summed E-state index contributed by atoms with van der Waals surface area (Å²) in [6, 6.07) is 29.3. The third kappa shape index (κ3) is 3.66. The fourth-order valence-corrected chi connectivity index (χ4v) is 5.74. The van der Waals surface area contributed by atoms with Crippen LogP contribution in [0, 0.1) is 0 Å². The van der Waals surface area contributed by atoms with Crippen molar-refractivity contribution in [3.05, 3.63) is 90.5 Å². The molecule has 0 unspecified atom stereocenters. The number of rotatable bonds is 5. The molecule has 0 amide bonds. The molecule has 0 radical (unpaired) electrons. The largest absolute Gasteiger partial charge is 0.472 e. The Bertz CT molecular complexity index is 888. The highest BCUT2D eigenvalue weighted by Crippen LogP contribution is 2.35. The third-order valence-electron chi connectivity index (χ3n) is 4.71. The molecule has 1 heterocycles. The van der Waals surface area contributed by atoms with Crippen molar-refractivity contribution in [3.63, 3.8) is 0 Å². The van der Waals surface area contributed by atoms with Gasteiger partial charge in [-0.15, -0.1) is 0 Å². The van der Waals surface area contributed by atoms with Crippen molar-refractivity contribution in [3.8, 4) is 0 Å². The molecule has 0 aliphatic carbocycles. The highest BCUT2D eigenvalue weighted by Gasteiger charge is 2.30. The van der Waals surface area contributed by atoms with E-state index in [1.54, 1.807) is 0 Å². The SMILES string of the molecule is C[C@H]1OC(c2ccccc2P(c2ccccc2)c2ccccc2)=N[C@@H]1CO. The van der Waals surface area contributed by atoms with E-state index in [-0.39, 0.29) is 18.8 Å². The molecule has 0 saturated carbocycles. The minimum Gasteiger partial charge on any atom is -0.472 e. The summed E-state index contributed by atoms with van der Waals surface area (Å²) >= 11 is 0. The molecule has 1 N–H and O–H groups in total. The molecule has 2 atom stereocenters. The second-order valence-corrected chi connectivity index (χ2v) is 8.72. The van der Waals surface area contributed by atoms with Crippen LogP contribution in [0.3, 0.4) is 0 Å². The van der Waals surface area contributed by atoms with E-state index in [2.05, 4.69) is 71.7 Å². The molecular weight excluding hydrogens is 353 g/mol. The van der Waals surface area contributed by atoms with Crippen LogP contribution in [0.1, 0.15) is 12.5 Å². The average molecular weight is 375 g/mol. The van der Waals surface area contributed by atoms with Gasteiger partial charge in [0.05, 0.1) is 6.61 Å².